The molecule has 7 heteroatoms. The largest absolute Gasteiger partial charge is 0.462 e. The Morgan fingerprint density at radius 1 is 0.659 bits per heavy atom. The zero-order chi connectivity index (χ0) is 29.6. The molecular weight excluding hydrogens is 523 g/mol. The molecule has 0 aliphatic rings. The van der Waals surface area contributed by atoms with Crippen LogP contribution in [0.3, 0.4) is 0 Å². The Kier molecular flexibility index (Phi) is 11.2. The number of carbonyl (C=O) groups is 2. The van der Waals surface area contributed by atoms with Crippen molar-refractivity contribution in [3.63, 3.8) is 0 Å². The Labute approximate surface area is 238 Å². The predicted molar refractivity (Wildman–Crippen MR) is 158 cm³/mol. The van der Waals surface area contributed by atoms with E-state index >= 15 is 0 Å². The molecule has 3 aromatic carbocycles. The smallest absolute Gasteiger partial charge is 0.338 e. The Morgan fingerprint density at radius 2 is 1.27 bits per heavy atom. The van der Waals surface area contributed by atoms with Crippen molar-refractivity contribution in [3.05, 3.63) is 144 Å². The number of carbonyl (C=O) groups excluding carboxylic acids is 2. The molecule has 0 aromatic heterocycles. The maximum Gasteiger partial charge on any atom is 0.338 e. The molecule has 0 spiro atoms. The Bertz CT molecular complexity index is 1540. The van der Waals surface area contributed by atoms with Gasteiger partial charge in [-0.1, -0.05) is 79.9 Å². The molecule has 3 aromatic rings. The number of esters is 2. The van der Waals surface area contributed by atoms with E-state index in [0.29, 0.717) is 22.6 Å². The molecule has 208 valence electrons. The minimum atomic E-state index is -0.547. The van der Waals surface area contributed by atoms with E-state index in [0.717, 1.165) is 23.7 Å². The molecular formula is C34H29FO6. The molecule has 0 bridgehead atoms. The van der Waals surface area contributed by atoms with E-state index in [1.807, 2.05) is 18.2 Å². The van der Waals surface area contributed by atoms with Crippen LogP contribution in [0.1, 0.15) is 36.1 Å². The Balaban J connectivity index is 1.62. The van der Waals surface area contributed by atoms with Gasteiger partial charge in [0.1, 0.15) is 42.4 Å². The van der Waals surface area contributed by atoms with Gasteiger partial charge in [0.05, 0.1) is 0 Å². The number of hydrogen-bond donors (Lipinski definition) is 0. The van der Waals surface area contributed by atoms with Gasteiger partial charge in [0.25, 0.3) is 0 Å². The first-order valence-corrected chi connectivity index (χ1v) is 12.4. The standard InChI is InChI=1S/C34H29FO6/c1-24(2)33(36)40-20-18-38-30-10-7-8-26(22-30)12-15-28-16-13-27(23-31(28)35)14-17-29-9-5-6-11-32(29)39-19-21-41-34(37)25(3)4/h5-23H,1,3H2,2,4H3/b15-12+,17-14+,20-18-,21-19-. The highest BCUT2D eigenvalue weighted by atomic mass is 19.1. The first kappa shape index (κ1) is 30.1. The molecule has 0 aliphatic heterocycles. The zero-order valence-electron chi connectivity index (χ0n) is 22.7. The normalized spacial score (nSPS) is 11.3. The van der Waals surface area contributed by atoms with Crippen LogP contribution in [-0.2, 0) is 19.1 Å². The van der Waals surface area contributed by atoms with E-state index in [2.05, 4.69) is 13.2 Å². The third kappa shape index (κ3) is 10.00. The summed E-state index contributed by atoms with van der Waals surface area (Å²) in [5.41, 5.74) is 3.17. The summed E-state index contributed by atoms with van der Waals surface area (Å²) in [6, 6.07) is 19.3. The lowest BCUT2D eigenvalue weighted by Crippen LogP contribution is -1.99. The van der Waals surface area contributed by atoms with Crippen LogP contribution in [0.25, 0.3) is 24.3 Å². The van der Waals surface area contributed by atoms with Crippen molar-refractivity contribution < 1.29 is 32.9 Å². The fourth-order valence-electron chi connectivity index (χ4n) is 3.16. The van der Waals surface area contributed by atoms with Gasteiger partial charge in [0, 0.05) is 22.3 Å². The van der Waals surface area contributed by atoms with Gasteiger partial charge in [0.15, 0.2) is 0 Å². The van der Waals surface area contributed by atoms with Crippen molar-refractivity contribution in [2.45, 2.75) is 13.8 Å². The first-order valence-electron chi connectivity index (χ1n) is 12.4. The molecule has 0 saturated carbocycles. The minimum absolute atomic E-state index is 0.278. The molecule has 0 saturated heterocycles. The van der Waals surface area contributed by atoms with E-state index in [4.69, 9.17) is 18.9 Å². The number of para-hydroxylation sites is 1. The summed E-state index contributed by atoms with van der Waals surface area (Å²) in [5.74, 6) is -0.430. The number of rotatable bonds is 12. The van der Waals surface area contributed by atoms with E-state index in [1.165, 1.54) is 18.6 Å². The van der Waals surface area contributed by atoms with Crippen LogP contribution >= 0.6 is 0 Å². The fraction of sp³-hybridized carbons (Fsp3) is 0.0588. The van der Waals surface area contributed by atoms with Crippen molar-refractivity contribution >= 4 is 36.2 Å². The van der Waals surface area contributed by atoms with Crippen molar-refractivity contribution in [1.82, 2.24) is 0 Å². The van der Waals surface area contributed by atoms with E-state index < -0.39 is 11.9 Å². The lowest BCUT2D eigenvalue weighted by Gasteiger charge is -2.05. The van der Waals surface area contributed by atoms with Crippen molar-refractivity contribution in [2.75, 3.05) is 0 Å². The third-order valence-corrected chi connectivity index (χ3v) is 5.27. The molecule has 6 nitrogen and oxygen atoms in total. The summed E-state index contributed by atoms with van der Waals surface area (Å²) in [4.78, 5) is 22.8. The second kappa shape index (κ2) is 15.2. The van der Waals surface area contributed by atoms with Crippen molar-refractivity contribution in [2.24, 2.45) is 0 Å². The summed E-state index contributed by atoms with van der Waals surface area (Å²) in [5, 5.41) is 0. The average molecular weight is 553 g/mol. The molecule has 0 heterocycles. The predicted octanol–water partition coefficient (Wildman–Crippen LogP) is 8.11. The number of halogens is 1. The number of benzene rings is 3. The zero-order valence-corrected chi connectivity index (χ0v) is 22.7. The summed E-state index contributed by atoms with van der Waals surface area (Å²) in [7, 11) is 0. The van der Waals surface area contributed by atoms with Gasteiger partial charge >= 0.3 is 11.9 Å². The van der Waals surface area contributed by atoms with Crippen LogP contribution in [0.2, 0.25) is 0 Å². The maximum atomic E-state index is 14.8. The van der Waals surface area contributed by atoms with Crippen LogP contribution < -0.4 is 9.47 Å². The van der Waals surface area contributed by atoms with Crippen molar-refractivity contribution in [3.8, 4) is 11.5 Å². The molecule has 0 fully saturated rings. The molecule has 0 radical (unpaired) electrons. The first-order chi connectivity index (χ1) is 19.7. The van der Waals surface area contributed by atoms with Crippen LogP contribution in [-0.4, -0.2) is 11.9 Å². The summed E-state index contributed by atoms with van der Waals surface area (Å²) in [6.45, 7) is 10.1. The summed E-state index contributed by atoms with van der Waals surface area (Å²) in [6.07, 6.45) is 11.8. The van der Waals surface area contributed by atoms with Gasteiger partial charge in [-0.15, -0.1) is 0 Å². The highest BCUT2D eigenvalue weighted by Crippen LogP contribution is 2.22. The van der Waals surface area contributed by atoms with Crippen LogP contribution in [0.15, 0.2) is 116 Å². The molecule has 0 amide bonds. The fourth-order valence-corrected chi connectivity index (χ4v) is 3.16. The molecule has 0 atom stereocenters. The molecule has 0 N–H and O–H groups in total. The molecule has 0 aliphatic carbocycles. The molecule has 3 rings (SSSR count). The maximum absolute atomic E-state index is 14.8. The molecule has 41 heavy (non-hydrogen) atoms. The minimum Gasteiger partial charge on any atom is -0.462 e. The van der Waals surface area contributed by atoms with Gasteiger partial charge in [-0.25, -0.2) is 14.0 Å². The van der Waals surface area contributed by atoms with E-state index in [9.17, 15) is 14.0 Å². The van der Waals surface area contributed by atoms with Gasteiger partial charge < -0.3 is 18.9 Å². The Morgan fingerprint density at radius 3 is 1.93 bits per heavy atom. The number of hydrogen-bond acceptors (Lipinski definition) is 6. The second-order valence-corrected chi connectivity index (χ2v) is 8.71. The summed E-state index contributed by atoms with van der Waals surface area (Å²) < 4.78 is 35.6. The highest BCUT2D eigenvalue weighted by molar-refractivity contribution is 5.87. The highest BCUT2D eigenvalue weighted by Gasteiger charge is 2.03. The lowest BCUT2D eigenvalue weighted by atomic mass is 10.1. The van der Waals surface area contributed by atoms with Gasteiger partial charge in [-0.2, -0.15) is 0 Å². The lowest BCUT2D eigenvalue weighted by molar-refractivity contribution is -0.134. The third-order valence-electron chi connectivity index (χ3n) is 5.27. The summed E-state index contributed by atoms with van der Waals surface area (Å²) >= 11 is 0. The van der Waals surface area contributed by atoms with Crippen LogP contribution in [0, 0.1) is 5.82 Å². The van der Waals surface area contributed by atoms with Gasteiger partial charge in [-0.3, -0.25) is 0 Å². The van der Waals surface area contributed by atoms with Crippen LogP contribution in [0.5, 0.6) is 11.5 Å². The van der Waals surface area contributed by atoms with E-state index in [1.54, 1.807) is 80.6 Å². The second-order valence-electron chi connectivity index (χ2n) is 8.71. The van der Waals surface area contributed by atoms with Crippen LogP contribution in [0.4, 0.5) is 4.39 Å². The average Bonchev–Trinajstić information content (AvgIpc) is 2.96. The SMILES string of the molecule is C=C(C)C(=O)O/C=C\Oc1cccc(/C=C/c2ccc(/C=C/c3ccccc3O/C=C\OC(=O)C(=C)C)cc2F)c1. The quantitative estimate of drug-likeness (QED) is 0.0978. The number of ether oxygens (including phenoxy) is 4. The van der Waals surface area contributed by atoms with Gasteiger partial charge in [0.2, 0.25) is 0 Å². The van der Waals surface area contributed by atoms with Crippen molar-refractivity contribution in [1.29, 1.82) is 0 Å². The Hall–Kier alpha value is -5.43. The topological polar surface area (TPSA) is 71.1 Å². The monoisotopic (exact) mass is 552 g/mol. The molecule has 0 unspecified atom stereocenters. The van der Waals surface area contributed by atoms with E-state index in [-0.39, 0.29) is 17.0 Å². The van der Waals surface area contributed by atoms with Gasteiger partial charge in [-0.05, 0) is 49.2 Å².